The van der Waals surface area contributed by atoms with Gasteiger partial charge in [0.1, 0.15) is 0 Å². The topological polar surface area (TPSA) is 65.0 Å². The fourth-order valence-electron chi connectivity index (χ4n) is 4.33. The molecule has 0 saturated carbocycles. The molecule has 1 aromatic rings. The van der Waals surface area contributed by atoms with E-state index >= 15 is 0 Å². The predicted molar refractivity (Wildman–Crippen MR) is 92.7 cm³/mol. The number of carbonyl (C=O) groups is 1. The Bertz CT molecular complexity index is 652. The van der Waals surface area contributed by atoms with Gasteiger partial charge in [0, 0.05) is 0 Å². The summed E-state index contributed by atoms with van der Waals surface area (Å²) in [5, 5.41) is 11.1. The van der Waals surface area contributed by atoms with E-state index in [1.54, 1.807) is 0 Å². The van der Waals surface area contributed by atoms with Crippen molar-refractivity contribution >= 4 is 25.4 Å². The summed E-state index contributed by atoms with van der Waals surface area (Å²) in [6.45, 7) is 3.37. The van der Waals surface area contributed by atoms with Crippen LogP contribution in [0.3, 0.4) is 0 Å². The molecule has 6 heteroatoms. The molecule has 3 fully saturated rings. The van der Waals surface area contributed by atoms with Crippen molar-refractivity contribution in [2.75, 3.05) is 0 Å². The maximum atomic E-state index is 11.5. The molecular weight excluding hydrogens is 387 g/mol. The minimum atomic E-state index is -1.28. The average molecular weight is 411 g/mol. The molecule has 1 aromatic carbocycles. The zero-order chi connectivity index (χ0) is 17.7. The van der Waals surface area contributed by atoms with Gasteiger partial charge in [0.05, 0.1) is 0 Å². The SMILES string of the molecule is CC(=O)O[C@H]1CC[C@@]2(O)O[C@]1(C)C[C@H]1O[C@@H]2C[C@@H]1[Se]c1ccccc1. The summed E-state index contributed by atoms with van der Waals surface area (Å²) >= 11 is 0.274. The van der Waals surface area contributed by atoms with Crippen LogP contribution in [0.15, 0.2) is 30.3 Å². The summed E-state index contributed by atoms with van der Waals surface area (Å²) in [5.74, 6) is -1.58. The first-order valence-corrected chi connectivity index (χ1v) is 10.7. The summed E-state index contributed by atoms with van der Waals surface area (Å²) < 4.78 is 19.2. The van der Waals surface area contributed by atoms with Crippen LogP contribution >= 0.6 is 0 Å². The van der Waals surface area contributed by atoms with Gasteiger partial charge in [0.2, 0.25) is 0 Å². The summed E-state index contributed by atoms with van der Waals surface area (Å²) in [7, 11) is 0. The molecular formula is C19H24O5Se. The van der Waals surface area contributed by atoms with Crippen LogP contribution in [-0.2, 0) is 19.0 Å². The molecule has 6 atom stereocenters. The normalized spacial score (nSPS) is 42.7. The second kappa shape index (κ2) is 6.36. The molecule has 4 bridgehead atoms. The average Bonchev–Trinajstić information content (AvgIpc) is 2.90. The standard InChI is InChI=1S/C19H24O5Se/c1-12(20)22-16-8-9-19(21)17-10-15(25-13-6-4-3-5-7-13)14(23-17)11-18(16,2)24-19/h3-7,14-17,21H,8-11H2,1-2H3/t14-,15+,16+,17-,18-,19-/m1/s1. The van der Waals surface area contributed by atoms with Crippen molar-refractivity contribution in [3.05, 3.63) is 30.3 Å². The Labute approximate surface area is 154 Å². The van der Waals surface area contributed by atoms with Gasteiger partial charge < -0.3 is 0 Å². The molecule has 0 amide bonds. The Morgan fingerprint density at radius 2 is 2.12 bits per heavy atom. The van der Waals surface area contributed by atoms with E-state index in [-0.39, 0.29) is 39.2 Å². The molecule has 136 valence electrons. The van der Waals surface area contributed by atoms with Crippen molar-refractivity contribution in [3.8, 4) is 0 Å². The molecule has 0 aliphatic carbocycles. The molecule has 3 aliphatic rings. The quantitative estimate of drug-likeness (QED) is 0.604. The Balaban J connectivity index is 1.58. The second-order valence-corrected chi connectivity index (χ2v) is 10.2. The van der Waals surface area contributed by atoms with Gasteiger partial charge in [0.25, 0.3) is 0 Å². The fourth-order valence-corrected chi connectivity index (χ4v) is 6.95. The van der Waals surface area contributed by atoms with Crippen molar-refractivity contribution < 1.29 is 24.1 Å². The van der Waals surface area contributed by atoms with Crippen LogP contribution in [0.25, 0.3) is 0 Å². The van der Waals surface area contributed by atoms with E-state index in [0.717, 1.165) is 6.42 Å². The van der Waals surface area contributed by atoms with Crippen LogP contribution in [0, 0.1) is 0 Å². The minimum absolute atomic E-state index is 0.0281. The molecule has 3 saturated heterocycles. The molecule has 0 spiro atoms. The molecule has 3 heterocycles. The van der Waals surface area contributed by atoms with E-state index < -0.39 is 11.4 Å². The molecule has 4 rings (SSSR count). The van der Waals surface area contributed by atoms with Crippen molar-refractivity contribution in [3.63, 3.8) is 0 Å². The molecule has 0 unspecified atom stereocenters. The summed E-state index contributed by atoms with van der Waals surface area (Å²) in [4.78, 5) is 11.9. The van der Waals surface area contributed by atoms with Gasteiger partial charge in [-0.05, 0) is 0 Å². The number of benzene rings is 1. The van der Waals surface area contributed by atoms with Crippen LogP contribution in [-0.4, -0.2) is 55.7 Å². The third kappa shape index (κ3) is 3.26. The van der Waals surface area contributed by atoms with E-state index in [1.807, 2.05) is 13.0 Å². The second-order valence-electron chi connectivity index (χ2n) is 7.47. The third-order valence-electron chi connectivity index (χ3n) is 5.50. The number of carbonyl (C=O) groups excluding carboxylic acids is 1. The van der Waals surface area contributed by atoms with Crippen LogP contribution in [0.5, 0.6) is 0 Å². The number of ether oxygens (including phenoxy) is 3. The van der Waals surface area contributed by atoms with Gasteiger partial charge in [-0.1, -0.05) is 0 Å². The van der Waals surface area contributed by atoms with Crippen molar-refractivity contribution in [2.24, 2.45) is 0 Å². The number of hydrogen-bond donors (Lipinski definition) is 1. The van der Waals surface area contributed by atoms with E-state index in [0.29, 0.717) is 24.1 Å². The maximum absolute atomic E-state index is 11.5. The fraction of sp³-hybridized carbons (Fsp3) is 0.632. The van der Waals surface area contributed by atoms with E-state index in [1.165, 1.54) is 11.4 Å². The Morgan fingerprint density at radius 3 is 2.84 bits per heavy atom. The zero-order valence-corrected chi connectivity index (χ0v) is 16.2. The third-order valence-corrected chi connectivity index (χ3v) is 8.32. The molecule has 0 aromatic heterocycles. The number of rotatable bonds is 3. The van der Waals surface area contributed by atoms with Gasteiger partial charge in [-0.25, -0.2) is 0 Å². The first-order valence-electron chi connectivity index (χ1n) is 8.85. The first-order chi connectivity index (χ1) is 11.9. The Kier molecular flexibility index (Phi) is 4.45. The first kappa shape index (κ1) is 17.5. The number of hydrogen-bond acceptors (Lipinski definition) is 5. The monoisotopic (exact) mass is 412 g/mol. The van der Waals surface area contributed by atoms with Gasteiger partial charge in [0.15, 0.2) is 0 Å². The van der Waals surface area contributed by atoms with Gasteiger partial charge in [-0.2, -0.15) is 0 Å². The van der Waals surface area contributed by atoms with Crippen LogP contribution in [0.2, 0.25) is 4.82 Å². The summed E-state index contributed by atoms with van der Waals surface area (Å²) in [6, 6.07) is 10.5. The molecule has 1 N–H and O–H groups in total. The van der Waals surface area contributed by atoms with Gasteiger partial charge in [-0.15, -0.1) is 0 Å². The Hall–Kier alpha value is -0.911. The van der Waals surface area contributed by atoms with Crippen LogP contribution in [0.4, 0.5) is 0 Å². The summed E-state index contributed by atoms with van der Waals surface area (Å²) in [5.41, 5.74) is -0.705. The predicted octanol–water partition coefficient (Wildman–Crippen LogP) is 1.56. The molecule has 0 radical (unpaired) electrons. The molecule has 25 heavy (non-hydrogen) atoms. The van der Waals surface area contributed by atoms with Gasteiger partial charge >= 0.3 is 154 Å². The Morgan fingerprint density at radius 1 is 1.36 bits per heavy atom. The van der Waals surface area contributed by atoms with E-state index in [4.69, 9.17) is 14.2 Å². The number of aliphatic hydroxyl groups is 1. The van der Waals surface area contributed by atoms with Gasteiger partial charge in [-0.3, -0.25) is 0 Å². The molecule has 3 aliphatic heterocycles. The number of esters is 1. The molecule has 5 nitrogen and oxygen atoms in total. The zero-order valence-electron chi connectivity index (χ0n) is 14.5. The van der Waals surface area contributed by atoms with E-state index in [2.05, 4.69) is 24.3 Å². The summed E-state index contributed by atoms with van der Waals surface area (Å²) in [6.07, 6.45) is 1.90. The van der Waals surface area contributed by atoms with Crippen LogP contribution < -0.4 is 4.46 Å². The number of fused-ring (bicyclic) bond motifs is 5. The van der Waals surface area contributed by atoms with Crippen molar-refractivity contribution in [2.45, 2.75) is 74.0 Å². The van der Waals surface area contributed by atoms with Crippen molar-refractivity contribution in [1.29, 1.82) is 0 Å². The van der Waals surface area contributed by atoms with Crippen LogP contribution in [0.1, 0.15) is 39.5 Å². The van der Waals surface area contributed by atoms with Crippen molar-refractivity contribution in [1.82, 2.24) is 0 Å². The van der Waals surface area contributed by atoms with E-state index in [9.17, 15) is 9.90 Å².